The first-order valence-electron chi connectivity index (χ1n) is 7.95. The van der Waals surface area contributed by atoms with Crippen LogP contribution in [0.15, 0.2) is 41.0 Å². The zero-order chi connectivity index (χ0) is 15.4. The zero-order valence-electron chi connectivity index (χ0n) is 13.0. The Bertz CT molecular complexity index is 640. The summed E-state index contributed by atoms with van der Waals surface area (Å²) >= 11 is 0. The van der Waals surface area contributed by atoms with Crippen molar-refractivity contribution in [1.29, 1.82) is 0 Å². The van der Waals surface area contributed by atoms with E-state index < -0.39 is 0 Å². The minimum Gasteiger partial charge on any atom is -0.459 e. The topological polar surface area (TPSA) is 45.5 Å². The van der Waals surface area contributed by atoms with E-state index in [9.17, 15) is 4.79 Å². The predicted octanol–water partition coefficient (Wildman–Crippen LogP) is 4.22. The highest BCUT2D eigenvalue weighted by Gasteiger charge is 2.17. The fourth-order valence-electron chi connectivity index (χ4n) is 2.95. The van der Waals surface area contributed by atoms with E-state index in [-0.39, 0.29) is 5.91 Å². The number of carbonyl (C=O) groups excluding carboxylic acids is 1. The number of nitrogens with zero attached hydrogens (tertiary/aromatic N) is 1. The molecular weight excluding hydrogens is 276 g/mol. The van der Waals surface area contributed by atoms with Crippen LogP contribution < -0.4 is 10.2 Å². The van der Waals surface area contributed by atoms with Crippen molar-refractivity contribution >= 4 is 17.3 Å². The maximum absolute atomic E-state index is 12.4. The van der Waals surface area contributed by atoms with Gasteiger partial charge in [0, 0.05) is 18.7 Å². The van der Waals surface area contributed by atoms with Gasteiger partial charge in [-0.3, -0.25) is 4.79 Å². The van der Waals surface area contributed by atoms with Crippen molar-refractivity contribution in [3.8, 4) is 0 Å². The molecule has 0 aliphatic carbocycles. The zero-order valence-corrected chi connectivity index (χ0v) is 13.0. The number of para-hydroxylation sites is 2. The molecule has 2 aromatic rings. The van der Waals surface area contributed by atoms with Crippen LogP contribution in [0.3, 0.4) is 0 Å². The van der Waals surface area contributed by atoms with Gasteiger partial charge in [-0.15, -0.1) is 0 Å². The first kappa shape index (κ1) is 14.7. The maximum Gasteiger partial charge on any atom is 0.291 e. The first-order chi connectivity index (χ1) is 10.8. The summed E-state index contributed by atoms with van der Waals surface area (Å²) in [5, 5.41) is 3.00. The average Bonchev–Trinajstić information content (AvgIpc) is 2.79. The third-order valence-electron chi connectivity index (χ3n) is 4.17. The van der Waals surface area contributed by atoms with Gasteiger partial charge in [-0.1, -0.05) is 25.0 Å². The smallest absolute Gasteiger partial charge is 0.291 e. The van der Waals surface area contributed by atoms with E-state index in [2.05, 4.69) is 16.3 Å². The van der Waals surface area contributed by atoms with Crippen LogP contribution in [0.25, 0.3) is 0 Å². The number of amides is 1. The molecule has 4 heteroatoms. The number of carbonyl (C=O) groups is 1. The Morgan fingerprint density at radius 1 is 1.09 bits per heavy atom. The lowest BCUT2D eigenvalue weighted by atomic mass is 10.2. The third-order valence-corrected chi connectivity index (χ3v) is 4.17. The highest BCUT2D eigenvalue weighted by atomic mass is 16.3. The largest absolute Gasteiger partial charge is 0.459 e. The summed E-state index contributed by atoms with van der Waals surface area (Å²) in [7, 11) is 0. The van der Waals surface area contributed by atoms with Crippen LogP contribution in [0.4, 0.5) is 11.4 Å². The lowest BCUT2D eigenvalue weighted by molar-refractivity contribution is 0.0996. The number of aryl methyl sites for hydroxylation is 1. The van der Waals surface area contributed by atoms with Crippen LogP contribution in [0, 0.1) is 6.92 Å². The number of hydrogen-bond acceptors (Lipinski definition) is 3. The van der Waals surface area contributed by atoms with Crippen LogP contribution in [0.2, 0.25) is 0 Å². The van der Waals surface area contributed by atoms with E-state index in [1.165, 1.54) is 25.7 Å². The highest BCUT2D eigenvalue weighted by Crippen LogP contribution is 2.28. The number of nitrogens with one attached hydrogen (secondary N) is 1. The molecule has 0 unspecified atom stereocenters. The molecule has 22 heavy (non-hydrogen) atoms. The fourth-order valence-corrected chi connectivity index (χ4v) is 2.95. The summed E-state index contributed by atoms with van der Waals surface area (Å²) in [6, 6.07) is 9.81. The number of hydrogen-bond donors (Lipinski definition) is 1. The van der Waals surface area contributed by atoms with Gasteiger partial charge in [-0.2, -0.15) is 0 Å². The van der Waals surface area contributed by atoms with Crippen molar-refractivity contribution in [3.05, 3.63) is 47.9 Å². The summed E-state index contributed by atoms with van der Waals surface area (Å²) in [6.07, 6.45) is 6.54. The molecule has 3 rings (SSSR count). The molecule has 4 nitrogen and oxygen atoms in total. The van der Waals surface area contributed by atoms with Crippen molar-refractivity contribution < 1.29 is 9.21 Å². The molecule has 1 fully saturated rings. The molecular formula is C18H22N2O2. The van der Waals surface area contributed by atoms with E-state index in [0.717, 1.165) is 30.0 Å². The molecule has 1 aromatic carbocycles. The number of furan rings is 1. The van der Waals surface area contributed by atoms with Gasteiger partial charge < -0.3 is 14.6 Å². The lowest BCUT2D eigenvalue weighted by Gasteiger charge is -2.25. The summed E-state index contributed by atoms with van der Waals surface area (Å²) < 4.78 is 5.28. The van der Waals surface area contributed by atoms with Crippen molar-refractivity contribution in [3.63, 3.8) is 0 Å². The maximum atomic E-state index is 12.4. The van der Waals surface area contributed by atoms with Crippen LogP contribution in [0.5, 0.6) is 0 Å². The normalized spacial score (nSPS) is 15.4. The molecule has 116 valence electrons. The van der Waals surface area contributed by atoms with Crippen LogP contribution in [-0.2, 0) is 0 Å². The molecule has 1 amide bonds. The van der Waals surface area contributed by atoms with Gasteiger partial charge in [-0.05, 0) is 38.0 Å². The first-order valence-corrected chi connectivity index (χ1v) is 7.95. The Balaban J connectivity index is 1.82. The SMILES string of the molecule is Cc1ccoc1C(=O)Nc1ccccc1N1CCCCCC1. The highest BCUT2D eigenvalue weighted by molar-refractivity contribution is 6.05. The molecule has 1 saturated heterocycles. The predicted molar refractivity (Wildman–Crippen MR) is 88.5 cm³/mol. The number of benzene rings is 1. The van der Waals surface area contributed by atoms with Crippen molar-refractivity contribution in [2.75, 3.05) is 23.3 Å². The van der Waals surface area contributed by atoms with Gasteiger partial charge in [0.25, 0.3) is 5.91 Å². The summed E-state index contributed by atoms with van der Waals surface area (Å²) in [6.45, 7) is 3.97. The second-order valence-corrected chi connectivity index (χ2v) is 5.81. The lowest BCUT2D eigenvalue weighted by Crippen LogP contribution is -2.25. The van der Waals surface area contributed by atoms with Crippen molar-refractivity contribution in [2.45, 2.75) is 32.6 Å². The fraction of sp³-hybridized carbons (Fsp3) is 0.389. The Morgan fingerprint density at radius 3 is 2.50 bits per heavy atom. The van der Waals surface area contributed by atoms with Gasteiger partial charge in [0.05, 0.1) is 17.6 Å². The van der Waals surface area contributed by atoms with Crippen LogP contribution in [0.1, 0.15) is 41.8 Å². The third kappa shape index (κ3) is 3.16. The molecule has 0 spiro atoms. The monoisotopic (exact) mass is 298 g/mol. The van der Waals surface area contributed by atoms with Crippen molar-refractivity contribution in [1.82, 2.24) is 0 Å². The average molecular weight is 298 g/mol. The molecule has 1 aromatic heterocycles. The van der Waals surface area contributed by atoms with E-state index >= 15 is 0 Å². The molecule has 1 N–H and O–H groups in total. The van der Waals surface area contributed by atoms with Crippen molar-refractivity contribution in [2.24, 2.45) is 0 Å². The molecule has 0 atom stereocenters. The van der Waals surface area contributed by atoms with Gasteiger partial charge in [-0.25, -0.2) is 0 Å². The van der Waals surface area contributed by atoms with Gasteiger partial charge in [0.2, 0.25) is 0 Å². The van der Waals surface area contributed by atoms with Crippen LogP contribution in [-0.4, -0.2) is 19.0 Å². The summed E-state index contributed by atoms with van der Waals surface area (Å²) in [4.78, 5) is 14.7. The molecule has 0 bridgehead atoms. The molecule has 0 saturated carbocycles. The molecule has 1 aliphatic heterocycles. The minimum atomic E-state index is -0.190. The van der Waals surface area contributed by atoms with Crippen LogP contribution >= 0.6 is 0 Å². The molecule has 2 heterocycles. The van der Waals surface area contributed by atoms with E-state index in [0.29, 0.717) is 5.76 Å². The van der Waals surface area contributed by atoms with E-state index in [1.54, 1.807) is 12.3 Å². The molecule has 0 radical (unpaired) electrons. The quantitative estimate of drug-likeness (QED) is 0.922. The second kappa shape index (κ2) is 6.69. The van der Waals surface area contributed by atoms with E-state index in [4.69, 9.17) is 4.42 Å². The standard InChI is InChI=1S/C18H22N2O2/c1-14-10-13-22-17(14)18(21)19-15-8-4-5-9-16(15)20-11-6-2-3-7-12-20/h4-5,8-10,13H,2-3,6-7,11-12H2,1H3,(H,19,21). The minimum absolute atomic E-state index is 0.190. The second-order valence-electron chi connectivity index (χ2n) is 5.81. The Labute approximate surface area is 131 Å². The molecule has 1 aliphatic rings. The van der Waals surface area contributed by atoms with Gasteiger partial charge in [0.1, 0.15) is 0 Å². The van der Waals surface area contributed by atoms with Gasteiger partial charge >= 0.3 is 0 Å². The summed E-state index contributed by atoms with van der Waals surface area (Å²) in [5.74, 6) is 0.190. The number of anilines is 2. The Kier molecular flexibility index (Phi) is 4.47. The Hall–Kier alpha value is -2.23. The number of rotatable bonds is 3. The van der Waals surface area contributed by atoms with E-state index in [1.807, 2.05) is 25.1 Å². The Morgan fingerprint density at radius 2 is 1.82 bits per heavy atom. The van der Waals surface area contributed by atoms with Gasteiger partial charge in [0.15, 0.2) is 5.76 Å². The summed E-state index contributed by atoms with van der Waals surface area (Å²) in [5.41, 5.74) is 2.80.